The van der Waals surface area contributed by atoms with Crippen LogP contribution in [0.15, 0.2) is 48.5 Å². The Balaban J connectivity index is 1.27. The van der Waals surface area contributed by atoms with E-state index in [1.807, 2.05) is 47.0 Å². The van der Waals surface area contributed by atoms with Gasteiger partial charge in [-0.2, -0.15) is 0 Å². The van der Waals surface area contributed by atoms with Crippen LogP contribution in [0, 0.1) is 11.8 Å². The van der Waals surface area contributed by atoms with Gasteiger partial charge in [-0.05, 0) is 47.7 Å². The third-order valence-corrected chi connectivity index (χ3v) is 6.61. The second-order valence-corrected chi connectivity index (χ2v) is 8.65. The molecule has 8 heteroatoms. The van der Waals surface area contributed by atoms with E-state index in [4.69, 9.17) is 16.3 Å². The number of carbonyl (C=O) groups excluding carboxylic acids is 1. The number of hydrogen-bond acceptors (Lipinski definition) is 5. The zero-order chi connectivity index (χ0) is 21.4. The lowest BCUT2D eigenvalue weighted by molar-refractivity contribution is 0.100. The topological polar surface area (TPSA) is 72.3 Å². The maximum atomic E-state index is 12.8. The van der Waals surface area contributed by atoms with E-state index in [2.05, 4.69) is 26.5 Å². The van der Waals surface area contributed by atoms with Gasteiger partial charge in [0.05, 0.1) is 7.11 Å². The first-order valence-electron chi connectivity index (χ1n) is 10.4. The van der Waals surface area contributed by atoms with E-state index in [0.29, 0.717) is 23.3 Å². The number of nitrogens with zero attached hydrogens (tertiary/aromatic N) is 4. The standard InChI is InChI=1S/C23H24ClN5O2/c1-31-19-8-6-18(7-9-19)25-23(30)22-27-26-21-10-16-12-28(13-17(16)14-29(21)22)11-15-4-2-3-5-20(15)24/h2-9,16-17H,10-14H2,1H3,(H,25,30)/t16-,17-/m1/s1. The normalized spacial score (nSPS) is 20.2. The van der Waals surface area contributed by atoms with Crippen LogP contribution in [0.4, 0.5) is 5.69 Å². The number of amides is 1. The molecular weight excluding hydrogens is 414 g/mol. The first-order valence-corrected chi connectivity index (χ1v) is 10.8. The average molecular weight is 438 g/mol. The lowest BCUT2D eigenvalue weighted by Crippen LogP contribution is -2.31. The molecular formula is C23H24ClN5O2. The van der Waals surface area contributed by atoms with Crippen molar-refractivity contribution >= 4 is 23.2 Å². The minimum absolute atomic E-state index is 0.242. The van der Waals surface area contributed by atoms with Gasteiger partial charge in [0.15, 0.2) is 0 Å². The highest BCUT2D eigenvalue weighted by Gasteiger charge is 2.39. The van der Waals surface area contributed by atoms with Gasteiger partial charge in [0.2, 0.25) is 5.82 Å². The van der Waals surface area contributed by atoms with E-state index in [0.717, 1.165) is 54.8 Å². The summed E-state index contributed by atoms with van der Waals surface area (Å²) in [7, 11) is 1.61. The zero-order valence-corrected chi connectivity index (χ0v) is 18.0. The zero-order valence-electron chi connectivity index (χ0n) is 17.3. The Labute approximate surface area is 186 Å². The summed E-state index contributed by atoms with van der Waals surface area (Å²) in [6, 6.07) is 15.3. The van der Waals surface area contributed by atoms with E-state index in [1.165, 1.54) is 0 Å². The van der Waals surface area contributed by atoms with Gasteiger partial charge in [0.25, 0.3) is 5.91 Å². The molecule has 3 heterocycles. The molecule has 160 valence electrons. The van der Waals surface area contributed by atoms with E-state index < -0.39 is 0 Å². The molecule has 0 bridgehead atoms. The number of carbonyl (C=O) groups is 1. The van der Waals surface area contributed by atoms with Crippen LogP contribution in [0.3, 0.4) is 0 Å². The Bertz CT molecular complexity index is 1100. The predicted octanol–water partition coefficient (Wildman–Crippen LogP) is 3.50. The number of methoxy groups -OCH3 is 1. The number of hydrogen-bond donors (Lipinski definition) is 1. The fraction of sp³-hybridized carbons (Fsp3) is 0.348. The van der Waals surface area contributed by atoms with Gasteiger partial charge in [-0.1, -0.05) is 29.8 Å². The Morgan fingerprint density at radius 3 is 2.65 bits per heavy atom. The number of ether oxygens (including phenoxy) is 1. The maximum Gasteiger partial charge on any atom is 0.293 e. The SMILES string of the molecule is COc1ccc(NC(=O)c2nnc3n2C[C@H]2CN(Cc4ccccc4Cl)C[C@H]2C3)cc1. The summed E-state index contributed by atoms with van der Waals surface area (Å²) >= 11 is 6.35. The number of nitrogens with one attached hydrogen (secondary N) is 1. The first-order chi connectivity index (χ1) is 15.1. The van der Waals surface area contributed by atoms with Gasteiger partial charge in [-0.15, -0.1) is 10.2 Å². The molecule has 1 amide bonds. The van der Waals surface area contributed by atoms with Crippen LogP contribution >= 0.6 is 11.6 Å². The minimum atomic E-state index is -0.242. The van der Waals surface area contributed by atoms with Crippen LogP contribution in [0.25, 0.3) is 0 Å². The van der Waals surface area contributed by atoms with Gasteiger partial charge in [-0.3, -0.25) is 9.69 Å². The van der Waals surface area contributed by atoms with Crippen LogP contribution in [0.2, 0.25) is 5.02 Å². The Hall–Kier alpha value is -2.90. The van der Waals surface area contributed by atoms with Crippen molar-refractivity contribution in [2.45, 2.75) is 19.5 Å². The van der Waals surface area contributed by atoms with E-state index in [-0.39, 0.29) is 5.91 Å². The number of fused-ring (bicyclic) bond motifs is 2. The summed E-state index contributed by atoms with van der Waals surface area (Å²) in [4.78, 5) is 15.3. The highest BCUT2D eigenvalue weighted by molar-refractivity contribution is 6.31. The third-order valence-electron chi connectivity index (χ3n) is 6.24. The third kappa shape index (κ3) is 4.03. The van der Waals surface area contributed by atoms with E-state index in [1.54, 1.807) is 7.11 Å². The number of likely N-dealkylation sites (tertiary alicyclic amines) is 1. The fourth-order valence-electron chi connectivity index (χ4n) is 4.65. The van der Waals surface area contributed by atoms with Gasteiger partial charge in [-0.25, -0.2) is 0 Å². The lowest BCUT2D eigenvalue weighted by atomic mass is 9.89. The maximum absolute atomic E-state index is 12.8. The molecule has 2 atom stereocenters. The van der Waals surface area contributed by atoms with E-state index in [9.17, 15) is 4.79 Å². The van der Waals surface area contributed by atoms with Crippen LogP contribution in [0.1, 0.15) is 22.0 Å². The molecule has 2 aliphatic heterocycles. The Morgan fingerprint density at radius 2 is 1.87 bits per heavy atom. The monoisotopic (exact) mass is 437 g/mol. The van der Waals surface area contributed by atoms with Crippen molar-refractivity contribution in [1.29, 1.82) is 0 Å². The highest BCUT2D eigenvalue weighted by Crippen LogP contribution is 2.34. The van der Waals surface area contributed by atoms with Gasteiger partial charge in [0, 0.05) is 43.3 Å². The molecule has 2 aliphatic rings. The number of halogens is 1. The van der Waals surface area contributed by atoms with Crippen molar-refractivity contribution in [2.75, 3.05) is 25.5 Å². The van der Waals surface area contributed by atoms with Crippen molar-refractivity contribution in [3.8, 4) is 5.75 Å². The molecule has 0 unspecified atom stereocenters. The number of anilines is 1. The van der Waals surface area contributed by atoms with Crippen LogP contribution in [0.5, 0.6) is 5.75 Å². The van der Waals surface area contributed by atoms with Crippen LogP contribution < -0.4 is 10.1 Å². The fourth-order valence-corrected chi connectivity index (χ4v) is 4.84. The summed E-state index contributed by atoms with van der Waals surface area (Å²) in [5.74, 6) is 2.75. The highest BCUT2D eigenvalue weighted by atomic mass is 35.5. The van der Waals surface area contributed by atoms with Crippen molar-refractivity contribution in [3.05, 3.63) is 70.8 Å². The number of rotatable bonds is 5. The van der Waals surface area contributed by atoms with Crippen molar-refractivity contribution in [3.63, 3.8) is 0 Å². The van der Waals surface area contributed by atoms with E-state index >= 15 is 0 Å². The molecule has 1 N–H and O–H groups in total. The van der Waals surface area contributed by atoms with Crippen molar-refractivity contribution in [1.82, 2.24) is 19.7 Å². The molecule has 0 aliphatic carbocycles. The first kappa shape index (κ1) is 20.0. The molecule has 5 rings (SSSR count). The van der Waals surface area contributed by atoms with Gasteiger partial charge in [0.1, 0.15) is 11.6 Å². The molecule has 0 radical (unpaired) electrons. The molecule has 31 heavy (non-hydrogen) atoms. The van der Waals surface area contributed by atoms with Crippen molar-refractivity contribution in [2.24, 2.45) is 11.8 Å². The van der Waals surface area contributed by atoms with Gasteiger partial charge < -0.3 is 14.6 Å². The quantitative estimate of drug-likeness (QED) is 0.661. The molecule has 7 nitrogen and oxygen atoms in total. The molecule has 0 saturated carbocycles. The lowest BCUT2D eigenvalue weighted by Gasteiger charge is -2.25. The summed E-state index contributed by atoms with van der Waals surface area (Å²) in [6.45, 7) is 3.60. The number of aromatic nitrogens is 3. The Morgan fingerprint density at radius 1 is 1.10 bits per heavy atom. The average Bonchev–Trinajstić information content (AvgIpc) is 3.37. The Kier molecular flexibility index (Phi) is 5.38. The van der Waals surface area contributed by atoms with Gasteiger partial charge >= 0.3 is 0 Å². The van der Waals surface area contributed by atoms with Crippen LogP contribution in [-0.2, 0) is 19.5 Å². The summed E-state index contributed by atoms with van der Waals surface area (Å²) in [6.07, 6.45) is 0.840. The smallest absolute Gasteiger partial charge is 0.293 e. The summed E-state index contributed by atoms with van der Waals surface area (Å²) < 4.78 is 7.15. The summed E-state index contributed by atoms with van der Waals surface area (Å²) in [5.41, 5.74) is 1.85. The molecule has 1 aromatic heterocycles. The largest absolute Gasteiger partial charge is 0.497 e. The predicted molar refractivity (Wildman–Crippen MR) is 118 cm³/mol. The molecule has 1 fully saturated rings. The summed E-state index contributed by atoms with van der Waals surface area (Å²) in [5, 5.41) is 12.2. The second-order valence-electron chi connectivity index (χ2n) is 8.24. The minimum Gasteiger partial charge on any atom is -0.497 e. The molecule has 3 aromatic rings. The van der Waals surface area contributed by atoms with Crippen molar-refractivity contribution < 1.29 is 9.53 Å². The molecule has 2 aromatic carbocycles. The number of benzene rings is 2. The second kappa shape index (κ2) is 8.32. The molecule has 0 spiro atoms. The van der Waals surface area contributed by atoms with Crippen LogP contribution in [-0.4, -0.2) is 45.8 Å². The molecule has 1 saturated heterocycles.